The number of halogens is 1. The summed E-state index contributed by atoms with van der Waals surface area (Å²) in [4.78, 5) is 21.3. The van der Waals surface area contributed by atoms with E-state index in [2.05, 4.69) is 20.2 Å². The highest BCUT2D eigenvalue weighted by atomic mass is 35.5. The minimum atomic E-state index is 0.0247. The smallest absolute Gasteiger partial charge is 0.216 e. The Morgan fingerprint density at radius 1 is 1.50 bits per heavy atom. The molecular formula is C13H19ClN4O2. The molecule has 7 heteroatoms. The van der Waals surface area contributed by atoms with Gasteiger partial charge in [0.1, 0.15) is 6.33 Å². The maximum Gasteiger partial charge on any atom is 0.216 e. The molecule has 1 aromatic heterocycles. The number of carbonyl (C=O) groups excluding carboxylic acids is 1. The maximum atomic E-state index is 10.9. The topological polar surface area (TPSA) is 67.4 Å². The standard InChI is InChI=1S/C13H19ClN4O2/c1-9(19)15-7-10-3-5-18(6-4-10)13-11(20-2)12(14)16-8-17-13/h8,10H,3-7H2,1-2H3,(H,15,19). The van der Waals surface area contributed by atoms with Crippen LogP contribution in [0.4, 0.5) is 5.82 Å². The predicted octanol–water partition coefficient (Wildman–Crippen LogP) is 1.49. The van der Waals surface area contributed by atoms with Gasteiger partial charge >= 0.3 is 0 Å². The van der Waals surface area contributed by atoms with Crippen molar-refractivity contribution >= 4 is 23.3 Å². The minimum absolute atomic E-state index is 0.0247. The van der Waals surface area contributed by atoms with E-state index in [1.165, 1.54) is 6.33 Å². The van der Waals surface area contributed by atoms with Gasteiger partial charge in [-0.3, -0.25) is 4.79 Å². The van der Waals surface area contributed by atoms with Crippen LogP contribution in [0.15, 0.2) is 6.33 Å². The molecule has 20 heavy (non-hydrogen) atoms. The van der Waals surface area contributed by atoms with Crippen LogP contribution in [0.5, 0.6) is 5.75 Å². The van der Waals surface area contributed by atoms with Crippen molar-refractivity contribution in [1.29, 1.82) is 0 Å². The predicted molar refractivity (Wildman–Crippen MR) is 77.2 cm³/mol. The third-order valence-electron chi connectivity index (χ3n) is 3.50. The Bertz CT molecular complexity index is 475. The lowest BCUT2D eigenvalue weighted by atomic mass is 9.97. The molecule has 1 amide bonds. The largest absolute Gasteiger partial charge is 0.490 e. The molecule has 2 heterocycles. The summed E-state index contributed by atoms with van der Waals surface area (Å²) in [7, 11) is 1.57. The second kappa shape index (κ2) is 6.74. The van der Waals surface area contributed by atoms with Gasteiger partial charge in [-0.2, -0.15) is 0 Å². The summed E-state index contributed by atoms with van der Waals surface area (Å²) >= 11 is 6.01. The van der Waals surface area contributed by atoms with E-state index in [0.29, 0.717) is 16.8 Å². The first-order valence-corrected chi connectivity index (χ1v) is 7.03. The van der Waals surface area contributed by atoms with Gasteiger partial charge in [-0.15, -0.1) is 0 Å². The summed E-state index contributed by atoms with van der Waals surface area (Å²) in [5, 5.41) is 3.20. The van der Waals surface area contributed by atoms with Gasteiger partial charge in [0.2, 0.25) is 5.91 Å². The van der Waals surface area contributed by atoms with Crippen molar-refractivity contribution in [1.82, 2.24) is 15.3 Å². The van der Waals surface area contributed by atoms with E-state index in [0.717, 1.165) is 38.3 Å². The van der Waals surface area contributed by atoms with E-state index in [1.54, 1.807) is 14.0 Å². The monoisotopic (exact) mass is 298 g/mol. The number of hydrogen-bond donors (Lipinski definition) is 1. The Morgan fingerprint density at radius 3 is 2.80 bits per heavy atom. The normalized spacial score (nSPS) is 16.1. The first-order chi connectivity index (χ1) is 9.61. The summed E-state index contributed by atoms with van der Waals surface area (Å²) < 4.78 is 5.28. The van der Waals surface area contributed by atoms with Gasteiger partial charge < -0.3 is 15.0 Å². The van der Waals surface area contributed by atoms with Crippen LogP contribution in [0, 0.1) is 5.92 Å². The number of rotatable bonds is 4. The van der Waals surface area contributed by atoms with Crippen molar-refractivity contribution in [2.75, 3.05) is 31.6 Å². The van der Waals surface area contributed by atoms with Crippen molar-refractivity contribution in [3.05, 3.63) is 11.5 Å². The Kier molecular flexibility index (Phi) is 5.00. The average Bonchev–Trinajstić information content (AvgIpc) is 2.45. The van der Waals surface area contributed by atoms with Crippen LogP contribution in [0.3, 0.4) is 0 Å². The van der Waals surface area contributed by atoms with Crippen LogP contribution < -0.4 is 15.0 Å². The van der Waals surface area contributed by atoms with Crippen LogP contribution in [-0.2, 0) is 4.79 Å². The number of aromatic nitrogens is 2. The Labute approximate surface area is 123 Å². The molecule has 1 aliphatic heterocycles. The molecule has 0 atom stereocenters. The van der Waals surface area contributed by atoms with E-state index >= 15 is 0 Å². The van der Waals surface area contributed by atoms with Crippen LogP contribution >= 0.6 is 11.6 Å². The molecule has 1 aliphatic rings. The molecule has 110 valence electrons. The van der Waals surface area contributed by atoms with E-state index in [4.69, 9.17) is 16.3 Å². The van der Waals surface area contributed by atoms with Gasteiger partial charge in [0.15, 0.2) is 16.7 Å². The molecule has 0 radical (unpaired) electrons. The lowest BCUT2D eigenvalue weighted by molar-refractivity contribution is -0.119. The number of nitrogens with one attached hydrogen (secondary N) is 1. The molecule has 1 aromatic rings. The fourth-order valence-electron chi connectivity index (χ4n) is 2.38. The van der Waals surface area contributed by atoms with Crippen molar-refractivity contribution in [2.24, 2.45) is 5.92 Å². The lowest BCUT2D eigenvalue weighted by Crippen LogP contribution is -2.38. The van der Waals surface area contributed by atoms with E-state index in [-0.39, 0.29) is 5.91 Å². The van der Waals surface area contributed by atoms with Gasteiger partial charge in [-0.25, -0.2) is 9.97 Å². The van der Waals surface area contributed by atoms with Crippen molar-refractivity contribution in [3.63, 3.8) is 0 Å². The number of ether oxygens (including phenoxy) is 1. The fraction of sp³-hybridized carbons (Fsp3) is 0.615. The van der Waals surface area contributed by atoms with Gasteiger partial charge in [0, 0.05) is 26.6 Å². The highest BCUT2D eigenvalue weighted by Crippen LogP contribution is 2.33. The molecule has 0 saturated carbocycles. The molecule has 1 fully saturated rings. The van der Waals surface area contributed by atoms with E-state index < -0.39 is 0 Å². The first-order valence-electron chi connectivity index (χ1n) is 6.65. The zero-order chi connectivity index (χ0) is 14.5. The van der Waals surface area contributed by atoms with Gasteiger partial charge in [-0.05, 0) is 18.8 Å². The highest BCUT2D eigenvalue weighted by Gasteiger charge is 2.23. The fourth-order valence-corrected chi connectivity index (χ4v) is 2.59. The molecule has 1 saturated heterocycles. The van der Waals surface area contributed by atoms with Gasteiger partial charge in [0.05, 0.1) is 7.11 Å². The molecule has 0 aliphatic carbocycles. The molecule has 0 aromatic carbocycles. The number of carbonyl (C=O) groups is 1. The molecule has 0 unspecified atom stereocenters. The zero-order valence-electron chi connectivity index (χ0n) is 11.7. The second-order valence-corrected chi connectivity index (χ2v) is 5.25. The molecular weight excluding hydrogens is 280 g/mol. The Hall–Kier alpha value is -1.56. The van der Waals surface area contributed by atoms with Crippen molar-refractivity contribution in [3.8, 4) is 5.75 Å². The summed E-state index contributed by atoms with van der Waals surface area (Å²) in [5.74, 6) is 1.80. The van der Waals surface area contributed by atoms with E-state index in [9.17, 15) is 4.79 Å². The Balaban J connectivity index is 1.97. The number of anilines is 1. The van der Waals surface area contributed by atoms with Crippen LogP contribution in [0.1, 0.15) is 19.8 Å². The summed E-state index contributed by atoms with van der Waals surface area (Å²) in [6.07, 6.45) is 3.46. The van der Waals surface area contributed by atoms with Crippen molar-refractivity contribution < 1.29 is 9.53 Å². The number of piperidine rings is 1. The maximum absolute atomic E-state index is 10.9. The van der Waals surface area contributed by atoms with Crippen LogP contribution in [0.2, 0.25) is 5.15 Å². The minimum Gasteiger partial charge on any atom is -0.490 e. The molecule has 0 spiro atoms. The van der Waals surface area contributed by atoms with Crippen LogP contribution in [0.25, 0.3) is 0 Å². The molecule has 1 N–H and O–H groups in total. The number of amides is 1. The van der Waals surface area contributed by atoms with E-state index in [1.807, 2.05) is 0 Å². The summed E-state index contributed by atoms with van der Waals surface area (Å²) in [5.41, 5.74) is 0. The molecule has 6 nitrogen and oxygen atoms in total. The first kappa shape index (κ1) is 14.8. The van der Waals surface area contributed by atoms with Crippen LogP contribution in [-0.4, -0.2) is 42.6 Å². The van der Waals surface area contributed by atoms with Gasteiger partial charge in [-0.1, -0.05) is 11.6 Å². The SMILES string of the molecule is COc1c(Cl)ncnc1N1CCC(CNC(C)=O)CC1. The summed E-state index contributed by atoms with van der Waals surface area (Å²) in [6.45, 7) is 4.02. The quantitative estimate of drug-likeness (QED) is 0.853. The molecule has 0 bridgehead atoms. The number of methoxy groups -OCH3 is 1. The Morgan fingerprint density at radius 2 is 2.20 bits per heavy atom. The highest BCUT2D eigenvalue weighted by molar-refractivity contribution is 6.31. The average molecular weight is 299 g/mol. The lowest BCUT2D eigenvalue weighted by Gasteiger charge is -2.33. The third-order valence-corrected chi connectivity index (χ3v) is 3.77. The zero-order valence-corrected chi connectivity index (χ0v) is 12.5. The number of hydrogen-bond acceptors (Lipinski definition) is 5. The third kappa shape index (κ3) is 3.50. The van der Waals surface area contributed by atoms with Gasteiger partial charge in [0.25, 0.3) is 0 Å². The van der Waals surface area contributed by atoms with Crippen molar-refractivity contribution in [2.45, 2.75) is 19.8 Å². The molecule has 2 rings (SSSR count). The summed E-state index contributed by atoms with van der Waals surface area (Å²) in [6, 6.07) is 0. The second-order valence-electron chi connectivity index (χ2n) is 4.89. The number of nitrogens with zero attached hydrogens (tertiary/aromatic N) is 3.